The minimum Gasteiger partial charge on any atom is -0.368 e. The van der Waals surface area contributed by atoms with Crippen LogP contribution >= 0.6 is 0 Å². The first-order chi connectivity index (χ1) is 13.6. The van der Waals surface area contributed by atoms with Crippen molar-refractivity contribution in [3.8, 4) is 0 Å². The van der Waals surface area contributed by atoms with Crippen molar-refractivity contribution in [1.29, 1.82) is 0 Å². The fourth-order valence-corrected chi connectivity index (χ4v) is 3.26. The lowest BCUT2D eigenvalue weighted by molar-refractivity contribution is -0.0246. The molecule has 1 N–H and O–H groups in total. The molecule has 3 aromatic heterocycles. The molecule has 28 heavy (non-hydrogen) atoms. The number of pyridine rings is 2. The Labute approximate surface area is 163 Å². The first-order valence-corrected chi connectivity index (χ1v) is 9.16. The third-order valence-electron chi connectivity index (χ3n) is 4.62. The van der Waals surface area contributed by atoms with Crippen molar-refractivity contribution < 1.29 is 9.53 Å². The zero-order valence-electron chi connectivity index (χ0n) is 15.9. The van der Waals surface area contributed by atoms with E-state index in [2.05, 4.69) is 20.4 Å². The largest absolute Gasteiger partial charge is 0.368 e. The van der Waals surface area contributed by atoms with E-state index >= 15 is 0 Å². The highest BCUT2D eigenvalue weighted by Gasteiger charge is 2.28. The lowest BCUT2D eigenvalue weighted by Crippen LogP contribution is -2.42. The molecule has 0 saturated carbocycles. The number of aryl methyl sites for hydroxylation is 2. The van der Waals surface area contributed by atoms with Crippen LogP contribution in [0.1, 0.15) is 27.8 Å². The monoisotopic (exact) mass is 378 g/mol. The van der Waals surface area contributed by atoms with Gasteiger partial charge in [0.2, 0.25) is 0 Å². The van der Waals surface area contributed by atoms with Gasteiger partial charge in [-0.2, -0.15) is 5.10 Å². The van der Waals surface area contributed by atoms with Crippen LogP contribution in [0.4, 0.5) is 11.6 Å². The molecule has 144 valence electrons. The maximum Gasteiger partial charge on any atom is 0.257 e. The van der Waals surface area contributed by atoms with Crippen molar-refractivity contribution >= 4 is 17.5 Å². The van der Waals surface area contributed by atoms with Gasteiger partial charge in [0.1, 0.15) is 17.7 Å². The first-order valence-electron chi connectivity index (χ1n) is 9.16. The molecular formula is C20H22N6O2. The van der Waals surface area contributed by atoms with Crippen LogP contribution in [-0.2, 0) is 11.8 Å². The van der Waals surface area contributed by atoms with Crippen LogP contribution in [0.15, 0.2) is 48.8 Å². The molecule has 4 rings (SSSR count). The normalized spacial score (nSPS) is 16.8. The maximum atomic E-state index is 12.9. The summed E-state index contributed by atoms with van der Waals surface area (Å²) in [5, 5.41) is 7.45. The molecule has 0 spiro atoms. The van der Waals surface area contributed by atoms with Crippen molar-refractivity contribution in [2.75, 3.05) is 25.0 Å². The summed E-state index contributed by atoms with van der Waals surface area (Å²) in [4.78, 5) is 23.6. The second kappa shape index (κ2) is 7.77. The number of nitrogens with zero attached hydrogens (tertiary/aromatic N) is 5. The Bertz CT molecular complexity index is 972. The van der Waals surface area contributed by atoms with Gasteiger partial charge < -0.3 is 15.0 Å². The molecule has 0 aromatic carbocycles. The quantitative estimate of drug-likeness (QED) is 0.751. The summed E-state index contributed by atoms with van der Waals surface area (Å²) in [6.45, 7) is 3.32. The Morgan fingerprint density at radius 1 is 1.21 bits per heavy atom. The number of amides is 1. The number of anilines is 2. The van der Waals surface area contributed by atoms with Gasteiger partial charge in [-0.1, -0.05) is 12.1 Å². The molecule has 1 unspecified atom stereocenters. The topological polar surface area (TPSA) is 85.2 Å². The van der Waals surface area contributed by atoms with E-state index in [0.717, 1.165) is 17.2 Å². The number of morpholine rings is 1. The third kappa shape index (κ3) is 3.86. The fraction of sp³-hybridized carbons (Fsp3) is 0.300. The summed E-state index contributed by atoms with van der Waals surface area (Å²) in [5.74, 6) is 1.38. The zero-order valence-corrected chi connectivity index (χ0v) is 15.9. The second-order valence-electron chi connectivity index (χ2n) is 6.70. The van der Waals surface area contributed by atoms with Gasteiger partial charge in [-0.25, -0.2) is 9.97 Å². The summed E-state index contributed by atoms with van der Waals surface area (Å²) >= 11 is 0. The minimum atomic E-state index is -0.278. The van der Waals surface area contributed by atoms with E-state index in [-0.39, 0.29) is 12.0 Å². The van der Waals surface area contributed by atoms with E-state index < -0.39 is 0 Å². The molecule has 8 heteroatoms. The van der Waals surface area contributed by atoms with Crippen molar-refractivity contribution in [3.05, 3.63) is 65.7 Å². The number of aromatic nitrogens is 4. The standard InChI is InChI=1S/C20H22N6O2/c1-14-15(12-25(2)24-14)20(27)26-10-11-28-17(13-26)16-6-5-8-19(22-16)23-18-7-3-4-9-21-18/h3-9,12,17H,10-11,13H2,1-2H3,(H,21,22,23). The third-order valence-corrected chi connectivity index (χ3v) is 4.62. The Morgan fingerprint density at radius 3 is 2.82 bits per heavy atom. The van der Waals surface area contributed by atoms with Crippen LogP contribution in [0.5, 0.6) is 0 Å². The lowest BCUT2D eigenvalue weighted by atomic mass is 10.1. The molecule has 1 aliphatic heterocycles. The van der Waals surface area contributed by atoms with Gasteiger partial charge in [0.05, 0.1) is 30.1 Å². The Hall–Kier alpha value is -3.26. The molecule has 0 bridgehead atoms. The van der Waals surface area contributed by atoms with Gasteiger partial charge in [0, 0.05) is 26.0 Å². The molecule has 0 radical (unpaired) electrons. The van der Waals surface area contributed by atoms with Gasteiger partial charge in [-0.3, -0.25) is 9.48 Å². The highest BCUT2D eigenvalue weighted by atomic mass is 16.5. The number of hydrogen-bond acceptors (Lipinski definition) is 6. The average Bonchev–Trinajstić information content (AvgIpc) is 3.06. The highest BCUT2D eigenvalue weighted by molar-refractivity contribution is 5.95. The second-order valence-corrected chi connectivity index (χ2v) is 6.70. The Balaban J connectivity index is 1.49. The van der Waals surface area contributed by atoms with Crippen LogP contribution in [0, 0.1) is 6.92 Å². The lowest BCUT2D eigenvalue weighted by Gasteiger charge is -2.32. The number of rotatable bonds is 4. The summed E-state index contributed by atoms with van der Waals surface area (Å²) < 4.78 is 7.56. The molecule has 1 aliphatic rings. The molecule has 0 aliphatic carbocycles. The van der Waals surface area contributed by atoms with E-state index in [9.17, 15) is 4.79 Å². The van der Waals surface area contributed by atoms with Gasteiger partial charge in [-0.05, 0) is 31.2 Å². The molecule has 3 aromatic rings. The van der Waals surface area contributed by atoms with Crippen LogP contribution in [0.25, 0.3) is 0 Å². The van der Waals surface area contributed by atoms with E-state index in [4.69, 9.17) is 4.74 Å². The average molecular weight is 378 g/mol. The predicted molar refractivity (Wildman–Crippen MR) is 104 cm³/mol. The highest BCUT2D eigenvalue weighted by Crippen LogP contribution is 2.24. The molecule has 1 amide bonds. The summed E-state index contributed by atoms with van der Waals surface area (Å²) in [6, 6.07) is 11.4. The van der Waals surface area contributed by atoms with Crippen LogP contribution in [0.3, 0.4) is 0 Å². The van der Waals surface area contributed by atoms with Gasteiger partial charge in [-0.15, -0.1) is 0 Å². The van der Waals surface area contributed by atoms with E-state index in [1.54, 1.807) is 22.0 Å². The fourth-order valence-electron chi connectivity index (χ4n) is 3.26. The van der Waals surface area contributed by atoms with E-state index in [1.807, 2.05) is 50.4 Å². The smallest absolute Gasteiger partial charge is 0.257 e. The van der Waals surface area contributed by atoms with Gasteiger partial charge in [0.25, 0.3) is 5.91 Å². The summed E-state index contributed by atoms with van der Waals surface area (Å²) in [6.07, 6.45) is 3.21. The minimum absolute atomic E-state index is 0.0262. The van der Waals surface area contributed by atoms with Crippen LogP contribution in [0.2, 0.25) is 0 Å². The molecular weight excluding hydrogens is 356 g/mol. The number of hydrogen-bond donors (Lipinski definition) is 1. The van der Waals surface area contributed by atoms with E-state index in [1.165, 1.54) is 0 Å². The van der Waals surface area contributed by atoms with Crippen molar-refractivity contribution in [2.24, 2.45) is 7.05 Å². The molecule has 8 nitrogen and oxygen atoms in total. The van der Waals surface area contributed by atoms with E-state index in [0.29, 0.717) is 31.1 Å². The molecule has 1 saturated heterocycles. The van der Waals surface area contributed by atoms with Gasteiger partial charge in [0.15, 0.2) is 0 Å². The number of carbonyl (C=O) groups excluding carboxylic acids is 1. The Morgan fingerprint density at radius 2 is 2.07 bits per heavy atom. The van der Waals surface area contributed by atoms with Gasteiger partial charge >= 0.3 is 0 Å². The maximum absolute atomic E-state index is 12.9. The molecule has 1 fully saturated rings. The summed E-state index contributed by atoms with van der Waals surface area (Å²) in [7, 11) is 1.82. The molecule has 4 heterocycles. The van der Waals surface area contributed by atoms with Crippen LogP contribution < -0.4 is 5.32 Å². The number of ether oxygens (including phenoxy) is 1. The van der Waals surface area contributed by atoms with Crippen LogP contribution in [-0.4, -0.2) is 50.3 Å². The number of nitrogens with one attached hydrogen (secondary N) is 1. The zero-order chi connectivity index (χ0) is 19.5. The predicted octanol–water partition coefficient (Wildman–Crippen LogP) is 2.48. The van der Waals surface area contributed by atoms with Crippen molar-refractivity contribution in [1.82, 2.24) is 24.6 Å². The molecule has 1 atom stereocenters. The van der Waals surface area contributed by atoms with Crippen molar-refractivity contribution in [3.63, 3.8) is 0 Å². The summed E-state index contributed by atoms with van der Waals surface area (Å²) in [5.41, 5.74) is 2.14. The number of carbonyl (C=O) groups is 1. The van der Waals surface area contributed by atoms with Crippen molar-refractivity contribution in [2.45, 2.75) is 13.0 Å². The SMILES string of the molecule is Cc1nn(C)cc1C(=O)N1CCOC(c2cccc(Nc3ccccn3)n2)C1. The Kier molecular flexibility index (Phi) is 5.03. The first kappa shape index (κ1) is 18.1.